The van der Waals surface area contributed by atoms with Gasteiger partial charge in [-0.2, -0.15) is 0 Å². The van der Waals surface area contributed by atoms with E-state index in [1.165, 1.54) is 12.8 Å². The molecule has 76 valence electrons. The molecule has 1 aliphatic carbocycles. The summed E-state index contributed by atoms with van der Waals surface area (Å²) in [5, 5.41) is 1.01. The molecule has 3 rings (SSSR count). The summed E-state index contributed by atoms with van der Waals surface area (Å²) in [7, 11) is 0. The molecule has 1 aromatic carbocycles. The zero-order chi connectivity index (χ0) is 10.3. The Kier molecular flexibility index (Phi) is 1.88. The normalized spacial score (nSPS) is 15.7. The minimum absolute atomic E-state index is 0.147. The Balaban J connectivity index is 1.92. The molecular weight excluding hydrogens is 188 g/mol. The van der Waals surface area contributed by atoms with E-state index in [4.69, 9.17) is 4.42 Å². The van der Waals surface area contributed by atoms with E-state index in [-0.39, 0.29) is 5.78 Å². The van der Waals surface area contributed by atoms with Crippen molar-refractivity contribution in [1.29, 1.82) is 0 Å². The first-order valence-electron chi connectivity index (χ1n) is 5.35. The van der Waals surface area contributed by atoms with Gasteiger partial charge in [0, 0.05) is 11.8 Å². The van der Waals surface area contributed by atoms with E-state index < -0.39 is 0 Å². The van der Waals surface area contributed by atoms with Crippen molar-refractivity contribution < 1.29 is 9.21 Å². The van der Waals surface area contributed by atoms with Gasteiger partial charge in [-0.25, -0.2) is 0 Å². The van der Waals surface area contributed by atoms with Gasteiger partial charge in [0.15, 0.2) is 11.5 Å². The number of rotatable bonds is 3. The zero-order valence-corrected chi connectivity index (χ0v) is 8.40. The molecule has 1 aliphatic rings. The Morgan fingerprint density at radius 2 is 2.13 bits per heavy atom. The summed E-state index contributed by atoms with van der Waals surface area (Å²) in [6.45, 7) is 0. The summed E-state index contributed by atoms with van der Waals surface area (Å²) in [4.78, 5) is 11.8. The Labute approximate surface area is 87.9 Å². The second-order valence-electron chi connectivity index (χ2n) is 4.22. The maximum atomic E-state index is 11.8. The van der Waals surface area contributed by atoms with Crippen LogP contribution in [0.15, 0.2) is 34.7 Å². The molecule has 0 bridgehead atoms. The Hall–Kier alpha value is -1.57. The number of hydrogen-bond acceptors (Lipinski definition) is 2. The molecule has 0 unspecified atom stereocenters. The predicted molar refractivity (Wildman–Crippen MR) is 57.9 cm³/mol. The molecule has 0 radical (unpaired) electrons. The quantitative estimate of drug-likeness (QED) is 0.710. The predicted octanol–water partition coefficient (Wildman–Crippen LogP) is 3.42. The lowest BCUT2D eigenvalue weighted by Gasteiger charge is -1.92. The van der Waals surface area contributed by atoms with E-state index in [0.717, 1.165) is 11.0 Å². The molecule has 1 saturated carbocycles. The van der Waals surface area contributed by atoms with Gasteiger partial charge < -0.3 is 4.42 Å². The van der Waals surface area contributed by atoms with Gasteiger partial charge in [-0.1, -0.05) is 18.2 Å². The molecular formula is C13H12O2. The Morgan fingerprint density at radius 1 is 1.33 bits per heavy atom. The van der Waals surface area contributed by atoms with Crippen molar-refractivity contribution in [2.75, 3.05) is 0 Å². The van der Waals surface area contributed by atoms with Crippen LogP contribution in [0, 0.1) is 5.92 Å². The third-order valence-electron chi connectivity index (χ3n) is 2.87. The van der Waals surface area contributed by atoms with Crippen LogP contribution in [0.2, 0.25) is 0 Å². The first kappa shape index (κ1) is 8.72. The molecule has 1 heterocycles. The van der Waals surface area contributed by atoms with Gasteiger partial charge in [-0.3, -0.25) is 4.79 Å². The smallest absolute Gasteiger partial charge is 0.198 e. The molecule has 1 fully saturated rings. The molecule has 1 aromatic heterocycles. The van der Waals surface area contributed by atoms with E-state index in [9.17, 15) is 4.79 Å². The molecule has 2 aromatic rings. The summed E-state index contributed by atoms with van der Waals surface area (Å²) < 4.78 is 5.51. The summed E-state index contributed by atoms with van der Waals surface area (Å²) >= 11 is 0. The van der Waals surface area contributed by atoms with Crippen molar-refractivity contribution in [3.05, 3.63) is 36.1 Å². The average molecular weight is 200 g/mol. The molecule has 2 heteroatoms. The zero-order valence-electron chi connectivity index (χ0n) is 8.40. The Bertz CT molecular complexity index is 473. The highest BCUT2D eigenvalue weighted by Gasteiger charge is 2.26. The van der Waals surface area contributed by atoms with Crippen LogP contribution in [0.4, 0.5) is 0 Å². The average Bonchev–Trinajstić information content (AvgIpc) is 2.95. The van der Waals surface area contributed by atoms with Gasteiger partial charge in [0.25, 0.3) is 0 Å². The van der Waals surface area contributed by atoms with Crippen molar-refractivity contribution in [1.82, 2.24) is 0 Å². The number of carbonyl (C=O) groups excluding carboxylic acids is 1. The first-order chi connectivity index (χ1) is 7.33. The minimum Gasteiger partial charge on any atom is -0.453 e. The van der Waals surface area contributed by atoms with Crippen molar-refractivity contribution in [2.45, 2.75) is 19.3 Å². The lowest BCUT2D eigenvalue weighted by atomic mass is 10.1. The van der Waals surface area contributed by atoms with Gasteiger partial charge in [0.1, 0.15) is 5.58 Å². The van der Waals surface area contributed by atoms with Crippen molar-refractivity contribution in [3.8, 4) is 0 Å². The number of benzene rings is 1. The van der Waals surface area contributed by atoms with Crippen molar-refractivity contribution >= 4 is 16.8 Å². The number of Topliss-reactive ketones (excluding diaryl/α,β-unsaturated/α-hetero) is 1. The van der Waals surface area contributed by atoms with Crippen LogP contribution in [0.3, 0.4) is 0 Å². The second kappa shape index (κ2) is 3.23. The standard InChI is InChI=1S/C13H12O2/c14-11(7-9-5-6-9)13-8-10-3-1-2-4-12(10)15-13/h1-4,8-9H,5-7H2. The number of hydrogen-bond donors (Lipinski definition) is 0. The third-order valence-corrected chi connectivity index (χ3v) is 2.87. The van der Waals surface area contributed by atoms with Crippen LogP contribution < -0.4 is 0 Å². The maximum absolute atomic E-state index is 11.8. The van der Waals surface area contributed by atoms with E-state index in [1.807, 2.05) is 30.3 Å². The number of carbonyl (C=O) groups is 1. The monoisotopic (exact) mass is 200 g/mol. The van der Waals surface area contributed by atoms with E-state index >= 15 is 0 Å². The van der Waals surface area contributed by atoms with Gasteiger partial charge in [-0.15, -0.1) is 0 Å². The summed E-state index contributed by atoms with van der Waals surface area (Å²) in [6, 6.07) is 9.57. The Morgan fingerprint density at radius 3 is 2.87 bits per heavy atom. The SMILES string of the molecule is O=C(CC1CC1)c1cc2ccccc2o1. The number of ketones is 1. The van der Waals surface area contributed by atoms with Crippen molar-refractivity contribution in [2.24, 2.45) is 5.92 Å². The van der Waals surface area contributed by atoms with E-state index in [1.54, 1.807) is 0 Å². The molecule has 0 spiro atoms. The molecule has 0 atom stereocenters. The number of fused-ring (bicyclic) bond motifs is 1. The lowest BCUT2D eigenvalue weighted by molar-refractivity contribution is 0.0951. The van der Waals surface area contributed by atoms with Crippen molar-refractivity contribution in [3.63, 3.8) is 0 Å². The van der Waals surface area contributed by atoms with Gasteiger partial charge in [0.2, 0.25) is 0 Å². The first-order valence-corrected chi connectivity index (χ1v) is 5.35. The van der Waals surface area contributed by atoms with Crippen LogP contribution in [0.1, 0.15) is 29.8 Å². The molecule has 0 aliphatic heterocycles. The maximum Gasteiger partial charge on any atom is 0.198 e. The second-order valence-corrected chi connectivity index (χ2v) is 4.22. The summed E-state index contributed by atoms with van der Waals surface area (Å²) in [5.41, 5.74) is 0.802. The van der Waals surface area contributed by atoms with Crippen LogP contribution in [-0.4, -0.2) is 5.78 Å². The highest BCUT2D eigenvalue weighted by atomic mass is 16.3. The van der Waals surface area contributed by atoms with Crippen LogP contribution >= 0.6 is 0 Å². The van der Waals surface area contributed by atoms with E-state index in [2.05, 4.69) is 0 Å². The minimum atomic E-state index is 0.147. The number of para-hydroxylation sites is 1. The summed E-state index contributed by atoms with van der Waals surface area (Å²) in [6.07, 6.45) is 3.05. The summed E-state index contributed by atoms with van der Waals surface area (Å²) in [5.74, 6) is 1.28. The third kappa shape index (κ3) is 1.67. The van der Waals surface area contributed by atoms with E-state index in [0.29, 0.717) is 18.1 Å². The molecule has 0 N–H and O–H groups in total. The molecule has 15 heavy (non-hydrogen) atoms. The highest BCUT2D eigenvalue weighted by molar-refractivity contribution is 5.97. The van der Waals surface area contributed by atoms with Crippen LogP contribution in [0.5, 0.6) is 0 Å². The molecule has 2 nitrogen and oxygen atoms in total. The van der Waals surface area contributed by atoms with Crippen LogP contribution in [0.25, 0.3) is 11.0 Å². The fraction of sp³-hybridized carbons (Fsp3) is 0.308. The number of furan rings is 1. The fourth-order valence-corrected chi connectivity index (χ4v) is 1.80. The topological polar surface area (TPSA) is 30.2 Å². The highest BCUT2D eigenvalue weighted by Crippen LogP contribution is 2.34. The lowest BCUT2D eigenvalue weighted by Crippen LogP contribution is -1.97. The van der Waals surface area contributed by atoms with Crippen LogP contribution in [-0.2, 0) is 0 Å². The fourth-order valence-electron chi connectivity index (χ4n) is 1.80. The largest absolute Gasteiger partial charge is 0.453 e. The molecule has 0 saturated heterocycles. The van der Waals surface area contributed by atoms with Gasteiger partial charge >= 0.3 is 0 Å². The van der Waals surface area contributed by atoms with Gasteiger partial charge in [0.05, 0.1) is 0 Å². The molecule has 0 amide bonds. The van der Waals surface area contributed by atoms with Gasteiger partial charge in [-0.05, 0) is 30.9 Å².